The number of amides is 1. The fourth-order valence-corrected chi connectivity index (χ4v) is 3.84. The van der Waals surface area contributed by atoms with Crippen molar-refractivity contribution in [2.24, 2.45) is 5.92 Å². The maximum absolute atomic E-state index is 13.2. The predicted molar refractivity (Wildman–Crippen MR) is 101 cm³/mol. The Morgan fingerprint density at radius 1 is 1.32 bits per heavy atom. The van der Waals surface area contributed by atoms with Crippen LogP contribution in [0.25, 0.3) is 0 Å². The van der Waals surface area contributed by atoms with Gasteiger partial charge in [0.05, 0.1) is 0 Å². The molecule has 7 heteroatoms. The van der Waals surface area contributed by atoms with E-state index in [1.807, 2.05) is 0 Å². The standard InChI is InChI=1S/C18H25ClFN3O.ClH/c19-17-10-15(20)4-3-14(17)11-23-9-1-2-16(12-23)22-18(24)13-5-7-21-8-6-13;/h3-4,10,13,16,21H,1-2,5-9,11-12H2,(H,22,24);1H. The third-order valence-electron chi connectivity index (χ3n) is 4.97. The number of nitrogens with zero attached hydrogens (tertiary/aromatic N) is 1. The van der Waals surface area contributed by atoms with Crippen LogP contribution >= 0.6 is 24.0 Å². The Bertz CT molecular complexity index is 581. The van der Waals surface area contributed by atoms with Gasteiger partial charge in [0.25, 0.3) is 0 Å². The molecule has 1 amide bonds. The fraction of sp³-hybridized carbons (Fsp3) is 0.611. The summed E-state index contributed by atoms with van der Waals surface area (Å²) in [5.41, 5.74) is 0.934. The third kappa shape index (κ3) is 5.81. The van der Waals surface area contributed by atoms with Gasteiger partial charge in [0, 0.05) is 30.1 Å². The minimum atomic E-state index is -0.311. The lowest BCUT2D eigenvalue weighted by Gasteiger charge is -2.34. The number of hydrogen-bond donors (Lipinski definition) is 2. The van der Waals surface area contributed by atoms with Gasteiger partial charge in [-0.2, -0.15) is 0 Å². The van der Waals surface area contributed by atoms with Crippen molar-refractivity contribution in [3.05, 3.63) is 34.6 Å². The summed E-state index contributed by atoms with van der Waals surface area (Å²) in [5.74, 6) is 0.0332. The average Bonchev–Trinajstić information content (AvgIpc) is 2.58. The molecule has 2 fully saturated rings. The highest BCUT2D eigenvalue weighted by molar-refractivity contribution is 6.31. The van der Waals surface area contributed by atoms with Crippen molar-refractivity contribution in [2.45, 2.75) is 38.3 Å². The van der Waals surface area contributed by atoms with Gasteiger partial charge in [0.15, 0.2) is 0 Å². The van der Waals surface area contributed by atoms with E-state index in [1.54, 1.807) is 6.07 Å². The summed E-state index contributed by atoms with van der Waals surface area (Å²) in [6.07, 6.45) is 3.92. The fourth-order valence-electron chi connectivity index (χ4n) is 3.61. The van der Waals surface area contributed by atoms with E-state index < -0.39 is 0 Å². The minimum absolute atomic E-state index is 0. The zero-order valence-corrected chi connectivity index (χ0v) is 15.8. The van der Waals surface area contributed by atoms with E-state index in [0.717, 1.165) is 57.4 Å². The summed E-state index contributed by atoms with van der Waals surface area (Å²) >= 11 is 6.13. The second-order valence-corrected chi connectivity index (χ2v) is 7.25. The summed E-state index contributed by atoms with van der Waals surface area (Å²) in [6, 6.07) is 4.74. The van der Waals surface area contributed by atoms with Gasteiger partial charge in [0.1, 0.15) is 5.82 Å². The molecule has 0 saturated carbocycles. The third-order valence-corrected chi connectivity index (χ3v) is 5.32. The SMILES string of the molecule is Cl.O=C(NC1CCCN(Cc2ccc(F)cc2Cl)C1)C1CCNCC1. The molecule has 1 atom stereocenters. The van der Waals surface area contributed by atoms with Gasteiger partial charge in [-0.3, -0.25) is 9.69 Å². The summed E-state index contributed by atoms with van der Waals surface area (Å²) in [4.78, 5) is 14.7. The quantitative estimate of drug-likeness (QED) is 0.831. The Hall–Kier alpha value is -0.880. The lowest BCUT2D eigenvalue weighted by atomic mass is 9.96. The molecule has 0 aromatic heterocycles. The van der Waals surface area contributed by atoms with Gasteiger partial charge in [-0.15, -0.1) is 12.4 Å². The first-order chi connectivity index (χ1) is 11.6. The summed E-state index contributed by atoms with van der Waals surface area (Å²) in [7, 11) is 0. The monoisotopic (exact) mass is 389 g/mol. The number of carbonyl (C=O) groups is 1. The molecule has 0 radical (unpaired) electrons. The van der Waals surface area contributed by atoms with Crippen LogP contribution in [-0.4, -0.2) is 43.0 Å². The topological polar surface area (TPSA) is 44.4 Å². The largest absolute Gasteiger partial charge is 0.352 e. The van der Waals surface area contributed by atoms with Crippen LogP contribution in [-0.2, 0) is 11.3 Å². The van der Waals surface area contributed by atoms with E-state index >= 15 is 0 Å². The summed E-state index contributed by atoms with van der Waals surface area (Å²) in [6.45, 7) is 4.35. The molecule has 2 N–H and O–H groups in total. The van der Waals surface area contributed by atoms with E-state index in [2.05, 4.69) is 15.5 Å². The van der Waals surface area contributed by atoms with E-state index in [4.69, 9.17) is 11.6 Å². The second-order valence-electron chi connectivity index (χ2n) is 6.84. The van der Waals surface area contributed by atoms with Crippen molar-refractivity contribution in [3.63, 3.8) is 0 Å². The van der Waals surface area contributed by atoms with E-state index in [1.165, 1.54) is 12.1 Å². The van der Waals surface area contributed by atoms with Crippen LogP contribution in [0, 0.1) is 11.7 Å². The maximum Gasteiger partial charge on any atom is 0.223 e. The van der Waals surface area contributed by atoms with Crippen LogP contribution in [0.15, 0.2) is 18.2 Å². The Labute approximate surface area is 159 Å². The van der Waals surface area contributed by atoms with Crippen molar-refractivity contribution in [1.82, 2.24) is 15.5 Å². The first-order valence-corrected chi connectivity index (χ1v) is 9.17. The Balaban J connectivity index is 0.00000225. The lowest BCUT2D eigenvalue weighted by Crippen LogP contribution is -2.50. The second kappa shape index (κ2) is 9.72. The number of piperidine rings is 2. The Morgan fingerprint density at radius 2 is 2.08 bits per heavy atom. The maximum atomic E-state index is 13.2. The summed E-state index contributed by atoms with van der Waals surface area (Å²) < 4.78 is 13.2. The molecule has 2 heterocycles. The minimum Gasteiger partial charge on any atom is -0.352 e. The molecule has 140 valence electrons. The number of carbonyl (C=O) groups excluding carboxylic acids is 1. The van der Waals surface area contributed by atoms with Gasteiger partial charge >= 0.3 is 0 Å². The first-order valence-electron chi connectivity index (χ1n) is 8.79. The molecule has 0 aliphatic carbocycles. The molecule has 25 heavy (non-hydrogen) atoms. The molecule has 1 aromatic rings. The van der Waals surface area contributed by atoms with E-state index in [-0.39, 0.29) is 36.1 Å². The number of benzene rings is 1. The van der Waals surface area contributed by atoms with Crippen molar-refractivity contribution in [3.8, 4) is 0 Å². The van der Waals surface area contributed by atoms with Crippen LogP contribution in [0.1, 0.15) is 31.2 Å². The molecule has 0 spiro atoms. The summed E-state index contributed by atoms with van der Waals surface area (Å²) in [5, 5.41) is 6.98. The van der Waals surface area contributed by atoms with Crippen molar-refractivity contribution >= 4 is 29.9 Å². The molecule has 3 rings (SSSR count). The number of rotatable bonds is 4. The zero-order chi connectivity index (χ0) is 16.9. The van der Waals surface area contributed by atoms with Crippen LogP contribution in [0.2, 0.25) is 5.02 Å². The lowest BCUT2D eigenvalue weighted by molar-refractivity contribution is -0.126. The predicted octanol–water partition coefficient (Wildman–Crippen LogP) is 2.98. The molecule has 1 unspecified atom stereocenters. The van der Waals surface area contributed by atoms with Gasteiger partial charge < -0.3 is 10.6 Å². The number of nitrogens with one attached hydrogen (secondary N) is 2. The Kier molecular flexibility index (Phi) is 7.94. The van der Waals surface area contributed by atoms with Crippen molar-refractivity contribution in [2.75, 3.05) is 26.2 Å². The van der Waals surface area contributed by atoms with Crippen molar-refractivity contribution < 1.29 is 9.18 Å². The zero-order valence-electron chi connectivity index (χ0n) is 14.3. The highest BCUT2D eigenvalue weighted by Crippen LogP contribution is 2.21. The smallest absolute Gasteiger partial charge is 0.223 e. The van der Waals surface area contributed by atoms with Gasteiger partial charge in [-0.25, -0.2) is 4.39 Å². The van der Waals surface area contributed by atoms with E-state index in [9.17, 15) is 9.18 Å². The van der Waals surface area contributed by atoms with Gasteiger partial charge in [-0.05, 0) is 63.0 Å². The number of likely N-dealkylation sites (tertiary alicyclic amines) is 1. The van der Waals surface area contributed by atoms with Crippen LogP contribution in [0.5, 0.6) is 0 Å². The molecular formula is C18H26Cl2FN3O. The van der Waals surface area contributed by atoms with Crippen LogP contribution in [0.3, 0.4) is 0 Å². The molecule has 1 aromatic carbocycles. The van der Waals surface area contributed by atoms with Gasteiger partial charge in [-0.1, -0.05) is 17.7 Å². The van der Waals surface area contributed by atoms with Crippen molar-refractivity contribution in [1.29, 1.82) is 0 Å². The van der Waals surface area contributed by atoms with Crippen LogP contribution in [0.4, 0.5) is 4.39 Å². The average molecular weight is 390 g/mol. The normalized spacial score (nSPS) is 22.2. The molecule has 2 aliphatic rings. The molecule has 0 bridgehead atoms. The molecular weight excluding hydrogens is 364 g/mol. The number of halogens is 3. The highest BCUT2D eigenvalue weighted by atomic mass is 35.5. The molecule has 2 saturated heterocycles. The van der Waals surface area contributed by atoms with Gasteiger partial charge in [0.2, 0.25) is 5.91 Å². The molecule has 2 aliphatic heterocycles. The molecule has 4 nitrogen and oxygen atoms in total. The highest BCUT2D eigenvalue weighted by Gasteiger charge is 2.26. The van der Waals surface area contributed by atoms with Crippen LogP contribution < -0.4 is 10.6 Å². The first kappa shape index (κ1) is 20.4. The Morgan fingerprint density at radius 3 is 2.80 bits per heavy atom. The van der Waals surface area contributed by atoms with E-state index in [0.29, 0.717) is 11.6 Å². The number of hydrogen-bond acceptors (Lipinski definition) is 3.